The standard InChI is InChI=1S/C24H20N2O4/c1-28-21-11-16(12-22(29-2)24(21)30-3)23(27)20-10-6-9-19(26-20)18-14-25-13-15-7-4-5-8-17(15)18/h4-14H,1-3H3. The third-order valence-electron chi connectivity index (χ3n) is 4.85. The van der Waals surface area contributed by atoms with Crippen molar-refractivity contribution in [3.05, 3.63) is 78.2 Å². The molecule has 0 amide bonds. The number of fused-ring (bicyclic) bond motifs is 1. The molecular formula is C24H20N2O4. The van der Waals surface area contributed by atoms with Crippen LogP contribution in [0.2, 0.25) is 0 Å². The first-order valence-corrected chi connectivity index (χ1v) is 9.31. The summed E-state index contributed by atoms with van der Waals surface area (Å²) in [5, 5.41) is 2.04. The van der Waals surface area contributed by atoms with E-state index in [4.69, 9.17) is 14.2 Å². The van der Waals surface area contributed by atoms with Gasteiger partial charge in [0.1, 0.15) is 5.69 Å². The molecule has 0 N–H and O–H groups in total. The molecule has 0 aliphatic rings. The Morgan fingerprint density at radius 2 is 1.57 bits per heavy atom. The molecule has 0 saturated carbocycles. The summed E-state index contributed by atoms with van der Waals surface area (Å²) in [7, 11) is 4.54. The second kappa shape index (κ2) is 8.21. The van der Waals surface area contributed by atoms with Crippen molar-refractivity contribution in [2.24, 2.45) is 0 Å². The fourth-order valence-electron chi connectivity index (χ4n) is 3.39. The predicted octanol–water partition coefficient (Wildman–Crippen LogP) is 4.55. The summed E-state index contributed by atoms with van der Waals surface area (Å²) < 4.78 is 16.1. The third kappa shape index (κ3) is 3.43. The molecule has 0 radical (unpaired) electrons. The molecule has 0 aliphatic carbocycles. The zero-order valence-corrected chi connectivity index (χ0v) is 16.9. The van der Waals surface area contributed by atoms with Crippen molar-refractivity contribution in [2.75, 3.05) is 21.3 Å². The van der Waals surface area contributed by atoms with Gasteiger partial charge in [-0.1, -0.05) is 30.3 Å². The van der Waals surface area contributed by atoms with Gasteiger partial charge in [-0.05, 0) is 29.7 Å². The van der Waals surface area contributed by atoms with Crippen LogP contribution in [0.3, 0.4) is 0 Å². The lowest BCUT2D eigenvalue weighted by molar-refractivity contribution is 0.103. The number of hydrogen-bond donors (Lipinski definition) is 0. The van der Waals surface area contributed by atoms with Crippen LogP contribution in [0.15, 0.2) is 67.0 Å². The van der Waals surface area contributed by atoms with Gasteiger partial charge in [0.25, 0.3) is 0 Å². The van der Waals surface area contributed by atoms with Crippen molar-refractivity contribution < 1.29 is 19.0 Å². The summed E-state index contributed by atoms with van der Waals surface area (Å²) in [6.07, 6.45) is 3.57. The molecule has 2 heterocycles. The minimum atomic E-state index is -0.246. The van der Waals surface area contributed by atoms with Crippen molar-refractivity contribution in [1.29, 1.82) is 0 Å². The molecule has 0 unspecified atom stereocenters. The summed E-state index contributed by atoms with van der Waals surface area (Å²) in [5.74, 6) is 1.01. The van der Waals surface area contributed by atoms with Gasteiger partial charge in [0.2, 0.25) is 11.5 Å². The van der Waals surface area contributed by atoms with E-state index in [-0.39, 0.29) is 5.78 Å². The number of benzene rings is 2. The maximum absolute atomic E-state index is 13.2. The van der Waals surface area contributed by atoms with Crippen molar-refractivity contribution in [1.82, 2.24) is 9.97 Å². The van der Waals surface area contributed by atoms with Crippen LogP contribution >= 0.6 is 0 Å². The SMILES string of the molecule is COc1cc(C(=O)c2cccc(-c3cncc4ccccc34)n2)cc(OC)c1OC. The average molecular weight is 400 g/mol. The predicted molar refractivity (Wildman–Crippen MR) is 115 cm³/mol. The molecule has 0 bridgehead atoms. The van der Waals surface area contributed by atoms with Crippen LogP contribution in [0.4, 0.5) is 0 Å². The molecule has 0 fully saturated rings. The monoisotopic (exact) mass is 400 g/mol. The van der Waals surface area contributed by atoms with E-state index in [1.165, 1.54) is 21.3 Å². The van der Waals surface area contributed by atoms with Crippen LogP contribution in [0.25, 0.3) is 22.0 Å². The van der Waals surface area contributed by atoms with E-state index in [2.05, 4.69) is 9.97 Å². The van der Waals surface area contributed by atoms with E-state index >= 15 is 0 Å². The molecule has 0 atom stereocenters. The number of rotatable bonds is 6. The summed E-state index contributed by atoms with van der Waals surface area (Å²) in [6.45, 7) is 0. The van der Waals surface area contributed by atoms with Gasteiger partial charge in [-0.2, -0.15) is 0 Å². The molecule has 0 aliphatic heterocycles. The molecule has 2 aromatic carbocycles. The summed E-state index contributed by atoms with van der Waals surface area (Å²) in [6, 6.07) is 16.6. The number of carbonyl (C=O) groups excluding carboxylic acids is 1. The van der Waals surface area contributed by atoms with E-state index in [0.717, 1.165) is 16.3 Å². The van der Waals surface area contributed by atoms with Crippen LogP contribution < -0.4 is 14.2 Å². The molecule has 4 rings (SSSR count). The fraction of sp³-hybridized carbons (Fsp3) is 0.125. The maximum atomic E-state index is 13.2. The number of aromatic nitrogens is 2. The number of methoxy groups -OCH3 is 3. The highest BCUT2D eigenvalue weighted by atomic mass is 16.5. The number of carbonyl (C=O) groups is 1. The van der Waals surface area contributed by atoms with E-state index < -0.39 is 0 Å². The van der Waals surface area contributed by atoms with Crippen molar-refractivity contribution >= 4 is 16.6 Å². The molecule has 150 valence electrons. The fourth-order valence-corrected chi connectivity index (χ4v) is 3.39. The Bertz CT molecular complexity index is 1210. The Morgan fingerprint density at radius 1 is 0.833 bits per heavy atom. The number of pyridine rings is 2. The zero-order valence-electron chi connectivity index (χ0n) is 16.9. The smallest absolute Gasteiger partial charge is 0.211 e. The van der Waals surface area contributed by atoms with Crippen molar-refractivity contribution in [3.8, 4) is 28.5 Å². The highest BCUT2D eigenvalue weighted by molar-refractivity contribution is 6.09. The number of ketones is 1. The Morgan fingerprint density at radius 3 is 2.27 bits per heavy atom. The van der Waals surface area contributed by atoms with Gasteiger partial charge in [-0.3, -0.25) is 9.78 Å². The molecule has 30 heavy (non-hydrogen) atoms. The first kappa shape index (κ1) is 19.4. The van der Waals surface area contributed by atoms with Crippen LogP contribution in [0.5, 0.6) is 17.2 Å². The Hall–Kier alpha value is -3.93. The first-order chi connectivity index (χ1) is 14.7. The second-order valence-corrected chi connectivity index (χ2v) is 6.56. The molecule has 4 aromatic rings. The summed E-state index contributed by atoms with van der Waals surface area (Å²) in [5.41, 5.74) is 2.25. The number of hydrogen-bond acceptors (Lipinski definition) is 6. The van der Waals surface area contributed by atoms with Gasteiger partial charge in [-0.25, -0.2) is 4.98 Å². The minimum absolute atomic E-state index is 0.246. The largest absolute Gasteiger partial charge is 0.493 e. The molecule has 0 spiro atoms. The van der Waals surface area contributed by atoms with Crippen molar-refractivity contribution in [3.63, 3.8) is 0 Å². The van der Waals surface area contributed by atoms with E-state index in [0.29, 0.717) is 34.2 Å². The lowest BCUT2D eigenvalue weighted by Crippen LogP contribution is -2.06. The lowest BCUT2D eigenvalue weighted by atomic mass is 10.0. The number of nitrogens with zero attached hydrogens (tertiary/aromatic N) is 2. The highest BCUT2D eigenvalue weighted by Crippen LogP contribution is 2.38. The average Bonchev–Trinajstić information content (AvgIpc) is 2.82. The van der Waals surface area contributed by atoms with Gasteiger partial charge in [-0.15, -0.1) is 0 Å². The normalized spacial score (nSPS) is 10.6. The van der Waals surface area contributed by atoms with E-state index in [1.54, 1.807) is 24.4 Å². The summed E-state index contributed by atoms with van der Waals surface area (Å²) in [4.78, 5) is 22.1. The summed E-state index contributed by atoms with van der Waals surface area (Å²) >= 11 is 0. The Kier molecular flexibility index (Phi) is 5.30. The zero-order chi connectivity index (χ0) is 21.1. The Labute approximate surface area is 174 Å². The molecule has 0 saturated heterocycles. The van der Waals surface area contributed by atoms with Crippen LogP contribution in [-0.4, -0.2) is 37.1 Å². The van der Waals surface area contributed by atoms with Crippen LogP contribution in [0.1, 0.15) is 16.1 Å². The molecular weight excluding hydrogens is 380 g/mol. The highest BCUT2D eigenvalue weighted by Gasteiger charge is 2.19. The van der Waals surface area contributed by atoms with Gasteiger partial charge in [0.05, 0.1) is 27.0 Å². The van der Waals surface area contributed by atoms with Crippen molar-refractivity contribution in [2.45, 2.75) is 0 Å². The second-order valence-electron chi connectivity index (χ2n) is 6.56. The molecule has 6 nitrogen and oxygen atoms in total. The van der Waals surface area contributed by atoms with Gasteiger partial charge >= 0.3 is 0 Å². The van der Waals surface area contributed by atoms with Crippen LogP contribution in [0, 0.1) is 0 Å². The third-order valence-corrected chi connectivity index (χ3v) is 4.85. The molecule has 2 aromatic heterocycles. The topological polar surface area (TPSA) is 70.5 Å². The minimum Gasteiger partial charge on any atom is -0.493 e. The quantitative estimate of drug-likeness (QED) is 0.442. The van der Waals surface area contributed by atoms with E-state index in [9.17, 15) is 4.79 Å². The van der Waals surface area contributed by atoms with E-state index in [1.807, 2.05) is 42.6 Å². The van der Waals surface area contributed by atoms with Crippen LogP contribution in [-0.2, 0) is 0 Å². The first-order valence-electron chi connectivity index (χ1n) is 9.31. The molecule has 6 heteroatoms. The number of ether oxygens (including phenoxy) is 3. The van der Waals surface area contributed by atoms with Gasteiger partial charge in [0, 0.05) is 28.9 Å². The Balaban J connectivity index is 1.79. The lowest BCUT2D eigenvalue weighted by Gasteiger charge is -2.14. The van der Waals surface area contributed by atoms with Gasteiger partial charge in [0.15, 0.2) is 11.5 Å². The maximum Gasteiger partial charge on any atom is 0.211 e. The van der Waals surface area contributed by atoms with Gasteiger partial charge < -0.3 is 14.2 Å².